The maximum atomic E-state index is 12.0. The summed E-state index contributed by atoms with van der Waals surface area (Å²) >= 11 is 0. The monoisotopic (exact) mass is 456 g/mol. The molecule has 2 aliphatic heterocycles. The highest BCUT2D eigenvalue weighted by Gasteiger charge is 2.53. The average Bonchev–Trinajstić information content (AvgIpc) is 2.84. The molecule has 2 aliphatic rings. The molecule has 8 nitrogen and oxygen atoms in total. The lowest BCUT2D eigenvalue weighted by atomic mass is 9.97. The molecular formula is C25H28O8. The summed E-state index contributed by atoms with van der Waals surface area (Å²) < 4.78 is 41.3. The van der Waals surface area contributed by atoms with Gasteiger partial charge in [0, 0.05) is 12.5 Å². The van der Waals surface area contributed by atoms with Crippen molar-refractivity contribution in [1.29, 1.82) is 0 Å². The van der Waals surface area contributed by atoms with Crippen LogP contribution in [-0.2, 0) is 28.5 Å². The van der Waals surface area contributed by atoms with E-state index in [4.69, 9.17) is 33.2 Å². The Balaban J connectivity index is 1.59. The van der Waals surface area contributed by atoms with Gasteiger partial charge < -0.3 is 33.2 Å². The maximum Gasteiger partial charge on any atom is 0.303 e. The fourth-order valence-electron chi connectivity index (χ4n) is 3.90. The molecule has 4 rings (SSSR count). The van der Waals surface area contributed by atoms with Gasteiger partial charge in [-0.05, 0) is 24.3 Å². The average molecular weight is 456 g/mol. The molecule has 6 atom stereocenters. The van der Waals surface area contributed by atoms with Crippen LogP contribution in [0.5, 0.6) is 11.5 Å². The number of carbonyl (C=O) groups is 1. The molecule has 0 aliphatic carbocycles. The normalized spacial score (nSPS) is 28.9. The second kappa shape index (κ2) is 10.8. The van der Waals surface area contributed by atoms with Gasteiger partial charge in [0.1, 0.15) is 29.8 Å². The standard InChI is InChI=1S/C25H28O8/c1-4-14-28-22-21-20(15-29-24(33-21)17-8-6-5-7-9-17)32-25(23(22)30-16(2)26)31-19-12-10-18(27-3)11-13-19/h4-13,20-25H,1,14-15H2,2-3H3/t20?,21-,22+,23-,24?,25-/m1/s1. The number of benzene rings is 2. The summed E-state index contributed by atoms with van der Waals surface area (Å²) in [5.41, 5.74) is 0.874. The van der Waals surface area contributed by atoms with Crippen molar-refractivity contribution in [3.63, 3.8) is 0 Å². The van der Waals surface area contributed by atoms with E-state index in [2.05, 4.69) is 6.58 Å². The highest BCUT2D eigenvalue weighted by Crippen LogP contribution is 2.37. The van der Waals surface area contributed by atoms with Crippen LogP contribution in [0.15, 0.2) is 67.3 Å². The van der Waals surface area contributed by atoms with E-state index in [9.17, 15) is 4.79 Å². The van der Waals surface area contributed by atoms with E-state index in [1.165, 1.54) is 6.92 Å². The predicted molar refractivity (Wildman–Crippen MR) is 118 cm³/mol. The first-order valence-corrected chi connectivity index (χ1v) is 10.8. The fraction of sp³-hybridized carbons (Fsp3) is 0.400. The van der Waals surface area contributed by atoms with Crippen LogP contribution in [0.2, 0.25) is 0 Å². The van der Waals surface area contributed by atoms with Crippen molar-refractivity contribution in [1.82, 2.24) is 0 Å². The first-order valence-electron chi connectivity index (χ1n) is 10.8. The quantitative estimate of drug-likeness (QED) is 0.442. The zero-order chi connectivity index (χ0) is 23.2. The zero-order valence-corrected chi connectivity index (χ0v) is 18.6. The zero-order valence-electron chi connectivity index (χ0n) is 18.6. The third kappa shape index (κ3) is 5.54. The highest BCUT2D eigenvalue weighted by molar-refractivity contribution is 5.66. The van der Waals surface area contributed by atoms with Gasteiger partial charge in [-0.2, -0.15) is 0 Å². The minimum absolute atomic E-state index is 0.237. The van der Waals surface area contributed by atoms with Gasteiger partial charge in [0.05, 0.1) is 20.3 Å². The van der Waals surface area contributed by atoms with Gasteiger partial charge in [0.15, 0.2) is 12.4 Å². The van der Waals surface area contributed by atoms with Gasteiger partial charge in [-0.15, -0.1) is 6.58 Å². The summed E-state index contributed by atoms with van der Waals surface area (Å²) in [5, 5.41) is 0. The van der Waals surface area contributed by atoms with Crippen molar-refractivity contribution in [2.75, 3.05) is 20.3 Å². The number of esters is 1. The molecule has 2 fully saturated rings. The Morgan fingerprint density at radius 2 is 1.79 bits per heavy atom. The Hall–Kier alpha value is -2.91. The third-order valence-electron chi connectivity index (χ3n) is 5.38. The van der Waals surface area contributed by atoms with Crippen molar-refractivity contribution in [3.8, 4) is 11.5 Å². The van der Waals surface area contributed by atoms with E-state index in [1.807, 2.05) is 30.3 Å². The molecule has 0 amide bonds. The summed E-state index contributed by atoms with van der Waals surface area (Å²) in [7, 11) is 1.59. The Morgan fingerprint density at radius 1 is 1.06 bits per heavy atom. The molecule has 8 heteroatoms. The van der Waals surface area contributed by atoms with Crippen LogP contribution in [0.3, 0.4) is 0 Å². The molecule has 0 bridgehead atoms. The van der Waals surface area contributed by atoms with Gasteiger partial charge >= 0.3 is 5.97 Å². The van der Waals surface area contributed by atoms with E-state index in [0.717, 1.165) is 5.56 Å². The van der Waals surface area contributed by atoms with E-state index in [1.54, 1.807) is 37.5 Å². The molecular weight excluding hydrogens is 428 g/mol. The van der Waals surface area contributed by atoms with Crippen molar-refractivity contribution < 1.29 is 38.0 Å². The number of methoxy groups -OCH3 is 1. The van der Waals surface area contributed by atoms with Crippen LogP contribution >= 0.6 is 0 Å². The Bertz CT molecular complexity index is 916. The van der Waals surface area contributed by atoms with Crippen LogP contribution in [-0.4, -0.2) is 57.0 Å². The Labute approximate surface area is 192 Å². The molecule has 0 aromatic heterocycles. The lowest BCUT2D eigenvalue weighted by molar-refractivity contribution is -0.354. The second-order valence-corrected chi connectivity index (χ2v) is 7.67. The first kappa shape index (κ1) is 23.3. The number of carbonyl (C=O) groups excluding carboxylic acids is 1. The van der Waals surface area contributed by atoms with Crippen LogP contribution in [0, 0.1) is 0 Å². The minimum atomic E-state index is -0.932. The van der Waals surface area contributed by atoms with E-state index in [-0.39, 0.29) is 13.2 Å². The van der Waals surface area contributed by atoms with Crippen LogP contribution in [0.25, 0.3) is 0 Å². The number of rotatable bonds is 8. The lowest BCUT2D eigenvalue weighted by Gasteiger charge is -2.48. The minimum Gasteiger partial charge on any atom is -0.497 e. The number of hydrogen-bond donors (Lipinski definition) is 0. The van der Waals surface area contributed by atoms with E-state index < -0.39 is 43.0 Å². The first-order chi connectivity index (χ1) is 16.1. The Morgan fingerprint density at radius 3 is 2.45 bits per heavy atom. The molecule has 2 saturated heterocycles. The van der Waals surface area contributed by atoms with Crippen LogP contribution in [0.4, 0.5) is 0 Å². The fourth-order valence-corrected chi connectivity index (χ4v) is 3.90. The summed E-state index contributed by atoms with van der Waals surface area (Å²) in [6, 6.07) is 16.6. The van der Waals surface area contributed by atoms with Gasteiger partial charge in [-0.25, -0.2) is 0 Å². The molecule has 0 spiro atoms. The van der Waals surface area contributed by atoms with Gasteiger partial charge in [-0.3, -0.25) is 4.79 Å². The molecule has 0 radical (unpaired) electrons. The predicted octanol–water partition coefficient (Wildman–Crippen LogP) is 3.42. The summed E-state index contributed by atoms with van der Waals surface area (Å²) in [6.07, 6.45) is -2.48. The second-order valence-electron chi connectivity index (χ2n) is 7.67. The lowest BCUT2D eigenvalue weighted by Crippen LogP contribution is -2.64. The van der Waals surface area contributed by atoms with E-state index in [0.29, 0.717) is 11.5 Å². The third-order valence-corrected chi connectivity index (χ3v) is 5.38. The van der Waals surface area contributed by atoms with Gasteiger partial charge in [0.25, 0.3) is 0 Å². The highest BCUT2D eigenvalue weighted by atomic mass is 16.8. The molecule has 0 N–H and O–H groups in total. The molecule has 176 valence electrons. The van der Waals surface area contributed by atoms with Crippen LogP contribution in [0.1, 0.15) is 18.8 Å². The smallest absolute Gasteiger partial charge is 0.303 e. The number of fused-ring (bicyclic) bond motifs is 1. The van der Waals surface area contributed by atoms with Crippen molar-refractivity contribution >= 4 is 5.97 Å². The summed E-state index contributed by atoms with van der Waals surface area (Å²) in [5.74, 6) is 0.736. The molecule has 2 aromatic rings. The van der Waals surface area contributed by atoms with Crippen LogP contribution < -0.4 is 9.47 Å². The summed E-state index contributed by atoms with van der Waals surface area (Å²) in [6.45, 7) is 5.55. The largest absolute Gasteiger partial charge is 0.497 e. The molecule has 33 heavy (non-hydrogen) atoms. The van der Waals surface area contributed by atoms with Gasteiger partial charge in [0.2, 0.25) is 6.29 Å². The summed E-state index contributed by atoms with van der Waals surface area (Å²) in [4.78, 5) is 12.0. The Kier molecular flexibility index (Phi) is 7.61. The van der Waals surface area contributed by atoms with Crippen molar-refractivity contribution in [2.45, 2.75) is 43.9 Å². The molecule has 2 aromatic carbocycles. The molecule has 2 unspecified atom stereocenters. The number of hydrogen-bond acceptors (Lipinski definition) is 8. The van der Waals surface area contributed by atoms with Gasteiger partial charge in [-0.1, -0.05) is 36.4 Å². The van der Waals surface area contributed by atoms with Crippen molar-refractivity contribution in [2.24, 2.45) is 0 Å². The molecule has 0 saturated carbocycles. The topological polar surface area (TPSA) is 81.7 Å². The maximum absolute atomic E-state index is 12.0. The SMILES string of the molecule is C=CCO[C@@H]1[C@@H](OC(C)=O)[C@H](Oc2ccc(OC)cc2)OC2COC(c3ccccc3)O[C@H]21. The molecule has 2 heterocycles. The van der Waals surface area contributed by atoms with Crippen molar-refractivity contribution in [3.05, 3.63) is 72.8 Å². The number of ether oxygens (including phenoxy) is 7. The van der Waals surface area contributed by atoms with E-state index >= 15 is 0 Å².